The zero-order valence-corrected chi connectivity index (χ0v) is 18.9. The molecule has 2 aromatic heterocycles. The first-order valence-electron chi connectivity index (χ1n) is 10.7. The molecule has 0 radical (unpaired) electrons. The normalized spacial score (nSPS) is 11.1. The van der Waals surface area contributed by atoms with Crippen LogP contribution in [0.4, 0.5) is 8.78 Å². The van der Waals surface area contributed by atoms with Crippen LogP contribution in [0.5, 0.6) is 11.5 Å². The molecule has 0 atom stereocenters. The number of rotatable bonds is 8. The van der Waals surface area contributed by atoms with Gasteiger partial charge in [0.1, 0.15) is 0 Å². The summed E-state index contributed by atoms with van der Waals surface area (Å²) >= 11 is 0. The maximum atomic E-state index is 13.5. The molecule has 0 spiro atoms. The molecule has 0 aliphatic heterocycles. The van der Waals surface area contributed by atoms with E-state index < -0.39 is 6.61 Å². The molecule has 0 aliphatic carbocycles. The van der Waals surface area contributed by atoms with Crippen molar-refractivity contribution in [1.29, 1.82) is 0 Å². The Hall–Kier alpha value is -4.01. The second-order valence-corrected chi connectivity index (χ2v) is 7.62. The quantitative estimate of drug-likeness (QED) is 0.342. The van der Waals surface area contributed by atoms with Gasteiger partial charge in [-0.1, -0.05) is 41.6 Å². The van der Waals surface area contributed by atoms with Crippen molar-refractivity contribution in [2.24, 2.45) is 0 Å². The lowest BCUT2D eigenvalue weighted by atomic mass is 10.0. The first-order chi connectivity index (χ1) is 16.4. The number of alkyl halides is 2. The highest BCUT2D eigenvalue weighted by Crippen LogP contribution is 2.31. The Labute approximate surface area is 194 Å². The highest BCUT2D eigenvalue weighted by Gasteiger charge is 2.22. The van der Waals surface area contributed by atoms with Crippen LogP contribution in [-0.2, 0) is 6.54 Å². The van der Waals surface area contributed by atoms with Gasteiger partial charge in [0.25, 0.3) is 11.6 Å². The molecule has 176 valence electrons. The summed E-state index contributed by atoms with van der Waals surface area (Å²) in [5, 5.41) is 4.53. The predicted molar refractivity (Wildman–Crippen MR) is 122 cm³/mol. The minimum atomic E-state index is -2.96. The van der Waals surface area contributed by atoms with Gasteiger partial charge >= 0.3 is 6.61 Å². The van der Waals surface area contributed by atoms with Crippen molar-refractivity contribution >= 4 is 17.0 Å². The predicted octanol–water partition coefficient (Wildman–Crippen LogP) is 5.47. The standard InChI is InChI=1S/C25H23F2N3O4/c1-4-32-21-12-16(10-11-20(21)33-25(26)27)14-30(3)24(31)18-13-19(17-8-6-5-7-9-17)28-23-22(18)15(2)29-34-23/h5-13,25H,4,14H2,1-3H3. The van der Waals surface area contributed by atoms with Gasteiger partial charge in [-0.15, -0.1) is 0 Å². The molecule has 4 rings (SSSR count). The van der Waals surface area contributed by atoms with Gasteiger partial charge in [-0.05, 0) is 37.6 Å². The van der Waals surface area contributed by atoms with Crippen LogP contribution in [0.25, 0.3) is 22.4 Å². The van der Waals surface area contributed by atoms with Crippen LogP contribution < -0.4 is 9.47 Å². The summed E-state index contributed by atoms with van der Waals surface area (Å²) in [6.45, 7) is 1.02. The zero-order valence-electron chi connectivity index (χ0n) is 18.9. The molecule has 0 saturated heterocycles. The first-order valence-corrected chi connectivity index (χ1v) is 10.7. The number of halogens is 2. The third-order valence-corrected chi connectivity index (χ3v) is 5.21. The molecular formula is C25H23F2N3O4. The average Bonchev–Trinajstić information content (AvgIpc) is 3.21. The summed E-state index contributed by atoms with van der Waals surface area (Å²) in [5.41, 5.74) is 3.37. The zero-order chi connectivity index (χ0) is 24.2. The van der Waals surface area contributed by atoms with Crippen molar-refractivity contribution < 1.29 is 27.6 Å². The Kier molecular flexibility index (Phi) is 6.72. The molecule has 0 bridgehead atoms. The van der Waals surface area contributed by atoms with Crippen LogP contribution in [0.15, 0.2) is 59.1 Å². The van der Waals surface area contributed by atoms with Crippen molar-refractivity contribution in [2.45, 2.75) is 27.0 Å². The average molecular weight is 467 g/mol. The van der Waals surface area contributed by atoms with Crippen molar-refractivity contribution in [3.63, 3.8) is 0 Å². The lowest BCUT2D eigenvalue weighted by Gasteiger charge is -2.19. The van der Waals surface area contributed by atoms with Gasteiger partial charge in [-0.3, -0.25) is 4.79 Å². The van der Waals surface area contributed by atoms with Crippen molar-refractivity contribution in [3.8, 4) is 22.8 Å². The van der Waals surface area contributed by atoms with E-state index in [4.69, 9.17) is 9.26 Å². The van der Waals surface area contributed by atoms with Gasteiger partial charge in [0.2, 0.25) is 0 Å². The Morgan fingerprint density at radius 1 is 1.12 bits per heavy atom. The number of carbonyl (C=O) groups is 1. The second-order valence-electron chi connectivity index (χ2n) is 7.62. The van der Waals surface area contributed by atoms with E-state index in [9.17, 15) is 13.6 Å². The molecule has 9 heteroatoms. The topological polar surface area (TPSA) is 77.7 Å². The summed E-state index contributed by atoms with van der Waals surface area (Å²) in [6, 6.07) is 15.8. The van der Waals surface area contributed by atoms with Crippen LogP contribution >= 0.6 is 0 Å². The highest BCUT2D eigenvalue weighted by atomic mass is 19.3. The number of aromatic nitrogens is 2. The molecule has 1 amide bonds. The number of hydrogen-bond donors (Lipinski definition) is 0. The second kappa shape index (κ2) is 9.86. The molecule has 0 N–H and O–H groups in total. The molecule has 7 nitrogen and oxygen atoms in total. The summed E-state index contributed by atoms with van der Waals surface area (Å²) in [6.07, 6.45) is 0. The molecular weight excluding hydrogens is 444 g/mol. The Morgan fingerprint density at radius 3 is 2.59 bits per heavy atom. The van der Waals surface area contributed by atoms with E-state index in [1.807, 2.05) is 30.3 Å². The maximum Gasteiger partial charge on any atom is 0.387 e. The number of aryl methyl sites for hydroxylation is 1. The van der Waals surface area contributed by atoms with Crippen molar-refractivity contribution in [1.82, 2.24) is 15.0 Å². The Bertz CT molecular complexity index is 1310. The molecule has 34 heavy (non-hydrogen) atoms. The number of carbonyl (C=O) groups excluding carboxylic acids is 1. The van der Waals surface area contributed by atoms with E-state index >= 15 is 0 Å². The number of hydrogen-bond acceptors (Lipinski definition) is 6. The van der Waals surface area contributed by atoms with Gasteiger partial charge in [0.15, 0.2) is 11.5 Å². The van der Waals surface area contributed by atoms with Gasteiger partial charge < -0.3 is 18.9 Å². The molecule has 0 saturated carbocycles. The minimum Gasteiger partial charge on any atom is -0.490 e. The van der Waals surface area contributed by atoms with Gasteiger partial charge in [-0.2, -0.15) is 8.78 Å². The monoisotopic (exact) mass is 467 g/mol. The van der Waals surface area contributed by atoms with Crippen molar-refractivity contribution in [2.75, 3.05) is 13.7 Å². The maximum absolute atomic E-state index is 13.5. The molecule has 2 heterocycles. The molecule has 2 aromatic carbocycles. The first kappa shape index (κ1) is 23.2. The fourth-order valence-corrected chi connectivity index (χ4v) is 3.68. The Balaban J connectivity index is 1.66. The minimum absolute atomic E-state index is 0.0574. The largest absolute Gasteiger partial charge is 0.490 e. The Morgan fingerprint density at radius 2 is 1.88 bits per heavy atom. The summed E-state index contributed by atoms with van der Waals surface area (Å²) in [7, 11) is 1.66. The van der Waals surface area contributed by atoms with Crippen molar-refractivity contribution in [3.05, 3.63) is 71.4 Å². The van der Waals surface area contributed by atoms with E-state index in [0.29, 0.717) is 27.9 Å². The van der Waals surface area contributed by atoms with Gasteiger partial charge in [-0.25, -0.2) is 4.98 Å². The summed E-state index contributed by atoms with van der Waals surface area (Å²) in [4.78, 5) is 19.5. The fourth-order valence-electron chi connectivity index (χ4n) is 3.68. The number of benzene rings is 2. The van der Waals surface area contributed by atoms with Crippen LogP contribution in [0.3, 0.4) is 0 Å². The van der Waals surface area contributed by atoms with E-state index in [1.54, 1.807) is 39.1 Å². The van der Waals surface area contributed by atoms with Crippen LogP contribution in [0.2, 0.25) is 0 Å². The molecule has 0 fully saturated rings. The van der Waals surface area contributed by atoms with Gasteiger partial charge in [0.05, 0.1) is 28.9 Å². The smallest absolute Gasteiger partial charge is 0.387 e. The van der Waals surface area contributed by atoms with E-state index in [-0.39, 0.29) is 36.3 Å². The third-order valence-electron chi connectivity index (χ3n) is 5.21. The number of amides is 1. The number of nitrogens with zero attached hydrogens (tertiary/aromatic N) is 3. The molecule has 4 aromatic rings. The SMILES string of the molecule is CCOc1cc(CN(C)C(=O)c2cc(-c3ccccc3)nc3onc(C)c23)ccc1OC(F)F. The van der Waals surface area contributed by atoms with Gasteiger partial charge in [0, 0.05) is 19.2 Å². The third kappa shape index (κ3) is 4.83. The summed E-state index contributed by atoms with van der Waals surface area (Å²) < 4.78 is 40.7. The van der Waals surface area contributed by atoms with Crippen LogP contribution in [0, 0.1) is 6.92 Å². The van der Waals surface area contributed by atoms with E-state index in [0.717, 1.165) is 5.56 Å². The van der Waals surface area contributed by atoms with E-state index in [1.165, 1.54) is 11.0 Å². The molecule has 0 aliphatic rings. The van der Waals surface area contributed by atoms with E-state index in [2.05, 4.69) is 14.9 Å². The molecule has 0 unspecified atom stereocenters. The summed E-state index contributed by atoms with van der Waals surface area (Å²) in [5.74, 6) is -0.131. The lowest BCUT2D eigenvalue weighted by Crippen LogP contribution is -2.26. The lowest BCUT2D eigenvalue weighted by molar-refractivity contribution is -0.0514. The number of pyridine rings is 1. The highest BCUT2D eigenvalue weighted by molar-refractivity contribution is 6.06. The van der Waals surface area contributed by atoms with Crippen LogP contribution in [-0.4, -0.2) is 41.2 Å². The number of fused-ring (bicyclic) bond motifs is 1. The fraction of sp³-hybridized carbons (Fsp3) is 0.240. The van der Waals surface area contributed by atoms with Crippen LogP contribution in [0.1, 0.15) is 28.5 Å². The number of ether oxygens (including phenoxy) is 2.